The first-order valence-electron chi connectivity index (χ1n) is 5.85. The fraction of sp³-hybridized carbons (Fsp3) is 0.538. The van der Waals surface area contributed by atoms with E-state index in [1.54, 1.807) is 0 Å². The fourth-order valence-electron chi connectivity index (χ4n) is 2.12. The molecule has 1 aliphatic rings. The van der Waals surface area contributed by atoms with Gasteiger partial charge in [-0.25, -0.2) is 0 Å². The average Bonchev–Trinajstić information content (AvgIpc) is 2.22. The highest BCUT2D eigenvalue weighted by molar-refractivity contribution is 9.10. The second-order valence-corrected chi connectivity index (χ2v) is 5.73. The molecule has 1 fully saturated rings. The molecule has 0 spiro atoms. The molecule has 0 amide bonds. The Labute approximate surface area is 106 Å². The van der Waals surface area contributed by atoms with Crippen LogP contribution < -0.4 is 11.1 Å². The molecule has 2 rings (SSSR count). The van der Waals surface area contributed by atoms with E-state index in [9.17, 15) is 0 Å². The Morgan fingerprint density at radius 1 is 1.44 bits per heavy atom. The maximum atomic E-state index is 5.84. The molecule has 0 heterocycles. The molecule has 0 bridgehead atoms. The molecular weight excluding hydrogens is 264 g/mol. The third-order valence-electron chi connectivity index (χ3n) is 3.69. The lowest BCUT2D eigenvalue weighted by molar-refractivity contribution is 0.163. The molecule has 1 saturated carbocycles. The summed E-state index contributed by atoms with van der Waals surface area (Å²) in [5, 5.41) is 3.50. The maximum absolute atomic E-state index is 5.84. The van der Waals surface area contributed by atoms with Crippen molar-refractivity contribution in [3.63, 3.8) is 0 Å². The Morgan fingerprint density at radius 2 is 2.19 bits per heavy atom. The van der Waals surface area contributed by atoms with Crippen LogP contribution in [-0.4, -0.2) is 13.1 Å². The fourth-order valence-corrected chi connectivity index (χ4v) is 2.50. The van der Waals surface area contributed by atoms with Crippen LogP contribution in [0.4, 0.5) is 5.69 Å². The van der Waals surface area contributed by atoms with Gasteiger partial charge in [-0.1, -0.05) is 28.4 Å². The molecule has 0 radical (unpaired) electrons. The van der Waals surface area contributed by atoms with Crippen LogP contribution in [0.25, 0.3) is 0 Å². The van der Waals surface area contributed by atoms with E-state index < -0.39 is 0 Å². The van der Waals surface area contributed by atoms with E-state index in [1.165, 1.54) is 30.5 Å². The molecular formula is C13H19BrN2. The van der Waals surface area contributed by atoms with Crippen LogP contribution in [0, 0.1) is 12.3 Å². The van der Waals surface area contributed by atoms with E-state index >= 15 is 0 Å². The van der Waals surface area contributed by atoms with Crippen molar-refractivity contribution in [3.8, 4) is 0 Å². The van der Waals surface area contributed by atoms with E-state index in [0.29, 0.717) is 5.41 Å². The smallest absolute Gasteiger partial charge is 0.0351 e. The van der Waals surface area contributed by atoms with Crippen molar-refractivity contribution >= 4 is 21.6 Å². The van der Waals surface area contributed by atoms with Crippen molar-refractivity contribution in [2.24, 2.45) is 11.1 Å². The minimum Gasteiger partial charge on any atom is -0.384 e. The van der Waals surface area contributed by atoms with Gasteiger partial charge in [-0.3, -0.25) is 0 Å². The summed E-state index contributed by atoms with van der Waals surface area (Å²) in [5.74, 6) is 0. The zero-order valence-corrected chi connectivity index (χ0v) is 11.3. The summed E-state index contributed by atoms with van der Waals surface area (Å²) in [7, 11) is 0. The SMILES string of the molecule is Cc1ccc(NCC2(CN)CCC2)cc1Br. The van der Waals surface area contributed by atoms with Crippen molar-refractivity contribution in [3.05, 3.63) is 28.2 Å². The second kappa shape index (κ2) is 4.76. The Morgan fingerprint density at radius 3 is 2.69 bits per heavy atom. The van der Waals surface area contributed by atoms with E-state index in [2.05, 4.69) is 46.4 Å². The summed E-state index contributed by atoms with van der Waals surface area (Å²) in [5.41, 5.74) is 8.64. The minimum atomic E-state index is 0.358. The summed E-state index contributed by atoms with van der Waals surface area (Å²) < 4.78 is 1.16. The molecule has 3 heteroatoms. The number of rotatable bonds is 4. The van der Waals surface area contributed by atoms with Gasteiger partial charge in [0.15, 0.2) is 0 Å². The van der Waals surface area contributed by atoms with Crippen molar-refractivity contribution in [2.45, 2.75) is 26.2 Å². The lowest BCUT2D eigenvalue weighted by Crippen LogP contribution is -2.42. The topological polar surface area (TPSA) is 38.0 Å². The Kier molecular flexibility index (Phi) is 3.55. The molecule has 88 valence electrons. The van der Waals surface area contributed by atoms with Gasteiger partial charge in [0.05, 0.1) is 0 Å². The van der Waals surface area contributed by atoms with Crippen LogP contribution in [-0.2, 0) is 0 Å². The zero-order valence-electron chi connectivity index (χ0n) is 9.72. The molecule has 0 atom stereocenters. The highest BCUT2D eigenvalue weighted by atomic mass is 79.9. The number of aryl methyl sites for hydroxylation is 1. The standard InChI is InChI=1S/C13H19BrN2/c1-10-3-4-11(7-12(10)14)16-9-13(8-15)5-2-6-13/h3-4,7,16H,2,5-6,8-9,15H2,1H3. The van der Waals surface area contributed by atoms with Crippen molar-refractivity contribution < 1.29 is 0 Å². The van der Waals surface area contributed by atoms with Gasteiger partial charge in [0.1, 0.15) is 0 Å². The number of hydrogen-bond donors (Lipinski definition) is 2. The molecule has 0 aliphatic heterocycles. The zero-order chi connectivity index (χ0) is 11.6. The largest absolute Gasteiger partial charge is 0.384 e. The molecule has 16 heavy (non-hydrogen) atoms. The second-order valence-electron chi connectivity index (χ2n) is 4.88. The van der Waals surface area contributed by atoms with Crippen LogP contribution in [0.2, 0.25) is 0 Å². The van der Waals surface area contributed by atoms with Crippen molar-refractivity contribution in [1.29, 1.82) is 0 Å². The number of nitrogens with one attached hydrogen (secondary N) is 1. The Bertz CT molecular complexity index is 367. The number of anilines is 1. The van der Waals surface area contributed by atoms with Gasteiger partial charge in [-0.15, -0.1) is 0 Å². The molecule has 1 aliphatic carbocycles. The lowest BCUT2D eigenvalue weighted by Gasteiger charge is -2.41. The summed E-state index contributed by atoms with van der Waals surface area (Å²) in [6, 6.07) is 6.39. The first-order chi connectivity index (χ1) is 7.65. The highest BCUT2D eigenvalue weighted by Gasteiger charge is 2.35. The van der Waals surface area contributed by atoms with Crippen LogP contribution >= 0.6 is 15.9 Å². The van der Waals surface area contributed by atoms with Crippen LogP contribution in [0.3, 0.4) is 0 Å². The molecule has 2 nitrogen and oxygen atoms in total. The molecule has 0 saturated heterocycles. The minimum absolute atomic E-state index is 0.358. The van der Waals surface area contributed by atoms with Gasteiger partial charge in [0.25, 0.3) is 0 Å². The highest BCUT2D eigenvalue weighted by Crippen LogP contribution is 2.39. The molecule has 0 aromatic heterocycles. The summed E-state index contributed by atoms with van der Waals surface area (Å²) in [6.45, 7) is 3.90. The van der Waals surface area contributed by atoms with E-state index in [-0.39, 0.29) is 0 Å². The quantitative estimate of drug-likeness (QED) is 0.889. The molecule has 3 N–H and O–H groups in total. The first-order valence-corrected chi connectivity index (χ1v) is 6.65. The normalized spacial score (nSPS) is 17.9. The average molecular weight is 283 g/mol. The number of halogens is 1. The Balaban J connectivity index is 1.96. The number of benzene rings is 1. The summed E-state index contributed by atoms with van der Waals surface area (Å²) in [6.07, 6.45) is 3.86. The van der Waals surface area contributed by atoms with Crippen molar-refractivity contribution in [2.75, 3.05) is 18.4 Å². The van der Waals surface area contributed by atoms with Gasteiger partial charge in [-0.05, 0) is 49.4 Å². The van der Waals surface area contributed by atoms with E-state index in [1.807, 2.05) is 0 Å². The lowest BCUT2D eigenvalue weighted by atomic mass is 9.69. The summed E-state index contributed by atoms with van der Waals surface area (Å²) in [4.78, 5) is 0. The predicted octanol–water partition coefficient (Wildman–Crippen LogP) is 3.30. The van der Waals surface area contributed by atoms with Gasteiger partial charge in [0.2, 0.25) is 0 Å². The third-order valence-corrected chi connectivity index (χ3v) is 4.54. The van der Waals surface area contributed by atoms with Crippen LogP contribution in [0.1, 0.15) is 24.8 Å². The van der Waals surface area contributed by atoms with E-state index in [0.717, 1.165) is 17.6 Å². The third kappa shape index (κ3) is 2.41. The molecule has 0 unspecified atom stereocenters. The summed E-state index contributed by atoms with van der Waals surface area (Å²) >= 11 is 3.55. The first kappa shape index (κ1) is 11.9. The van der Waals surface area contributed by atoms with Crippen LogP contribution in [0.15, 0.2) is 22.7 Å². The van der Waals surface area contributed by atoms with Gasteiger partial charge in [0, 0.05) is 16.7 Å². The Hall–Kier alpha value is -0.540. The van der Waals surface area contributed by atoms with Gasteiger partial charge < -0.3 is 11.1 Å². The number of nitrogens with two attached hydrogens (primary N) is 1. The molecule has 1 aromatic rings. The van der Waals surface area contributed by atoms with Gasteiger partial charge in [-0.2, -0.15) is 0 Å². The van der Waals surface area contributed by atoms with Gasteiger partial charge >= 0.3 is 0 Å². The molecule has 1 aromatic carbocycles. The monoisotopic (exact) mass is 282 g/mol. The van der Waals surface area contributed by atoms with Crippen molar-refractivity contribution in [1.82, 2.24) is 0 Å². The predicted molar refractivity (Wildman–Crippen MR) is 72.7 cm³/mol. The van der Waals surface area contributed by atoms with E-state index in [4.69, 9.17) is 5.73 Å². The number of hydrogen-bond acceptors (Lipinski definition) is 2. The van der Waals surface area contributed by atoms with Crippen LogP contribution in [0.5, 0.6) is 0 Å². The maximum Gasteiger partial charge on any atom is 0.0351 e.